The number of H-pyrrole nitrogens is 1. The number of methoxy groups -OCH3 is 1. The van der Waals surface area contributed by atoms with Gasteiger partial charge >= 0.3 is 0 Å². The summed E-state index contributed by atoms with van der Waals surface area (Å²) in [5, 5.41) is 22.4. The van der Waals surface area contributed by atoms with Crippen LogP contribution < -0.4 is 4.74 Å². The lowest BCUT2D eigenvalue weighted by molar-refractivity contribution is -0.385. The van der Waals surface area contributed by atoms with Crippen LogP contribution in [0.25, 0.3) is 0 Å². The zero-order valence-electron chi connectivity index (χ0n) is 14.7. The van der Waals surface area contributed by atoms with Crippen molar-refractivity contribution in [2.45, 2.75) is 13.3 Å². The standard InChI is InChI=1S/C18H17N5O3S/c1-12-3-4-14(9-16(12)23(24)25)11-19-22-17(20-21-18(22)27)10-13-5-7-15(26-2)8-6-13/h3-9,11H,10H2,1-2H3,(H,21,27)/b19-11-. The number of rotatable bonds is 6. The maximum absolute atomic E-state index is 11.1. The summed E-state index contributed by atoms with van der Waals surface area (Å²) >= 11 is 5.24. The Morgan fingerprint density at radius 1 is 1.33 bits per heavy atom. The minimum Gasteiger partial charge on any atom is -0.497 e. The van der Waals surface area contributed by atoms with Crippen LogP contribution in [0.5, 0.6) is 5.75 Å². The topological polar surface area (TPSA) is 98.3 Å². The van der Waals surface area contributed by atoms with Gasteiger partial charge in [-0.2, -0.15) is 14.9 Å². The van der Waals surface area contributed by atoms with Crippen LogP contribution in [0.2, 0.25) is 0 Å². The second-order valence-electron chi connectivity index (χ2n) is 5.83. The first kappa shape index (κ1) is 18.5. The quantitative estimate of drug-likeness (QED) is 0.303. The third kappa shape index (κ3) is 4.26. The maximum Gasteiger partial charge on any atom is 0.272 e. The van der Waals surface area contributed by atoms with E-state index in [1.807, 2.05) is 24.3 Å². The molecule has 0 radical (unpaired) electrons. The molecule has 9 heteroatoms. The number of hydrogen-bond donors (Lipinski definition) is 1. The summed E-state index contributed by atoms with van der Waals surface area (Å²) < 4.78 is 7.00. The molecule has 0 aliphatic rings. The van der Waals surface area contributed by atoms with Crippen molar-refractivity contribution in [1.29, 1.82) is 0 Å². The Morgan fingerprint density at radius 3 is 2.74 bits per heavy atom. The molecule has 2 aromatic carbocycles. The van der Waals surface area contributed by atoms with Crippen molar-refractivity contribution in [3.8, 4) is 5.75 Å². The predicted octanol–water partition coefficient (Wildman–Crippen LogP) is 3.64. The van der Waals surface area contributed by atoms with E-state index in [0.717, 1.165) is 11.3 Å². The van der Waals surface area contributed by atoms with Crippen LogP contribution in [-0.4, -0.2) is 33.1 Å². The number of aryl methyl sites for hydroxylation is 1. The summed E-state index contributed by atoms with van der Waals surface area (Å²) in [5.41, 5.74) is 2.27. The average Bonchev–Trinajstić information content (AvgIpc) is 3.01. The number of ether oxygens (including phenoxy) is 1. The summed E-state index contributed by atoms with van der Waals surface area (Å²) in [6.07, 6.45) is 2.04. The molecule has 0 amide bonds. The number of aromatic nitrogens is 3. The van der Waals surface area contributed by atoms with Crippen molar-refractivity contribution in [3.63, 3.8) is 0 Å². The molecule has 0 saturated heterocycles. The number of aromatic amines is 1. The van der Waals surface area contributed by atoms with Crippen molar-refractivity contribution >= 4 is 24.1 Å². The lowest BCUT2D eigenvalue weighted by atomic mass is 10.1. The van der Waals surface area contributed by atoms with Crippen molar-refractivity contribution < 1.29 is 9.66 Å². The maximum atomic E-state index is 11.1. The van der Waals surface area contributed by atoms with Gasteiger partial charge in [-0.3, -0.25) is 15.2 Å². The molecule has 8 nitrogen and oxygen atoms in total. The van der Waals surface area contributed by atoms with E-state index in [0.29, 0.717) is 28.1 Å². The van der Waals surface area contributed by atoms with Gasteiger partial charge in [0.05, 0.1) is 18.2 Å². The first-order valence-electron chi connectivity index (χ1n) is 8.06. The highest BCUT2D eigenvalue weighted by molar-refractivity contribution is 7.71. The zero-order valence-corrected chi connectivity index (χ0v) is 15.6. The Hall–Kier alpha value is -3.33. The summed E-state index contributed by atoms with van der Waals surface area (Å²) in [4.78, 5) is 10.7. The molecule has 0 spiro atoms. The van der Waals surface area contributed by atoms with Crippen LogP contribution in [0.4, 0.5) is 5.69 Å². The van der Waals surface area contributed by atoms with Crippen LogP contribution in [0, 0.1) is 21.8 Å². The molecule has 1 aromatic heterocycles. The zero-order chi connectivity index (χ0) is 19.4. The van der Waals surface area contributed by atoms with Gasteiger partial charge in [0.2, 0.25) is 4.77 Å². The average molecular weight is 383 g/mol. The van der Waals surface area contributed by atoms with Gasteiger partial charge in [0, 0.05) is 23.6 Å². The van der Waals surface area contributed by atoms with Crippen molar-refractivity contribution in [3.05, 3.63) is 79.9 Å². The Morgan fingerprint density at radius 2 is 2.07 bits per heavy atom. The fraction of sp³-hybridized carbons (Fsp3) is 0.167. The largest absolute Gasteiger partial charge is 0.497 e. The van der Waals surface area contributed by atoms with Gasteiger partial charge < -0.3 is 4.74 Å². The number of hydrogen-bond acceptors (Lipinski definition) is 6. The van der Waals surface area contributed by atoms with Crippen LogP contribution >= 0.6 is 12.2 Å². The van der Waals surface area contributed by atoms with Gasteiger partial charge in [-0.15, -0.1) is 0 Å². The predicted molar refractivity (Wildman–Crippen MR) is 104 cm³/mol. The summed E-state index contributed by atoms with van der Waals surface area (Å²) in [6, 6.07) is 12.5. The van der Waals surface area contributed by atoms with E-state index in [4.69, 9.17) is 17.0 Å². The molecular formula is C18H17N5O3S. The third-order valence-electron chi connectivity index (χ3n) is 3.99. The Kier molecular flexibility index (Phi) is 5.41. The summed E-state index contributed by atoms with van der Waals surface area (Å²) in [6.45, 7) is 1.69. The molecular weight excluding hydrogens is 366 g/mol. The van der Waals surface area contributed by atoms with Gasteiger partial charge in [0.25, 0.3) is 5.69 Å². The van der Waals surface area contributed by atoms with E-state index in [2.05, 4.69) is 15.3 Å². The van der Waals surface area contributed by atoms with E-state index in [1.54, 1.807) is 26.2 Å². The van der Waals surface area contributed by atoms with E-state index < -0.39 is 4.92 Å². The van der Waals surface area contributed by atoms with Crippen molar-refractivity contribution in [1.82, 2.24) is 14.9 Å². The molecule has 138 valence electrons. The number of nitro groups is 1. The van der Waals surface area contributed by atoms with Crippen LogP contribution in [0.3, 0.4) is 0 Å². The molecule has 0 saturated carbocycles. The fourth-order valence-electron chi connectivity index (χ4n) is 2.51. The lowest BCUT2D eigenvalue weighted by Gasteiger charge is -2.03. The second-order valence-corrected chi connectivity index (χ2v) is 6.22. The summed E-state index contributed by atoms with van der Waals surface area (Å²) in [5.74, 6) is 1.40. The molecule has 0 aliphatic heterocycles. The molecule has 27 heavy (non-hydrogen) atoms. The number of benzene rings is 2. The molecule has 0 bridgehead atoms. The van der Waals surface area contributed by atoms with Gasteiger partial charge in [-0.1, -0.05) is 24.3 Å². The lowest BCUT2D eigenvalue weighted by Crippen LogP contribution is -2.01. The van der Waals surface area contributed by atoms with Gasteiger partial charge in [0.1, 0.15) is 5.75 Å². The second kappa shape index (κ2) is 7.92. The van der Waals surface area contributed by atoms with E-state index >= 15 is 0 Å². The first-order chi connectivity index (χ1) is 13.0. The molecule has 0 unspecified atom stereocenters. The normalized spacial score (nSPS) is 11.0. The highest BCUT2D eigenvalue weighted by atomic mass is 32.1. The first-order valence-corrected chi connectivity index (χ1v) is 8.47. The fourth-order valence-corrected chi connectivity index (χ4v) is 2.71. The van der Waals surface area contributed by atoms with Gasteiger partial charge in [-0.05, 0) is 36.8 Å². The minimum atomic E-state index is -0.411. The van der Waals surface area contributed by atoms with Crippen LogP contribution in [-0.2, 0) is 6.42 Å². The number of nitrogens with zero attached hydrogens (tertiary/aromatic N) is 4. The van der Waals surface area contributed by atoms with Crippen LogP contribution in [0.15, 0.2) is 47.6 Å². The van der Waals surface area contributed by atoms with Crippen molar-refractivity contribution in [2.24, 2.45) is 5.10 Å². The molecule has 3 aromatic rings. The Bertz CT molecular complexity index is 1050. The highest BCUT2D eigenvalue weighted by Gasteiger charge is 2.11. The smallest absolute Gasteiger partial charge is 0.272 e. The van der Waals surface area contributed by atoms with Crippen molar-refractivity contribution in [2.75, 3.05) is 7.11 Å². The molecule has 1 N–H and O–H groups in total. The minimum absolute atomic E-state index is 0.0493. The van der Waals surface area contributed by atoms with Gasteiger partial charge in [0.15, 0.2) is 5.82 Å². The molecule has 3 rings (SSSR count). The Balaban J connectivity index is 1.86. The van der Waals surface area contributed by atoms with Gasteiger partial charge in [-0.25, -0.2) is 0 Å². The number of nitrogens with one attached hydrogen (secondary N) is 1. The van der Waals surface area contributed by atoms with E-state index in [9.17, 15) is 10.1 Å². The molecule has 0 atom stereocenters. The highest BCUT2D eigenvalue weighted by Crippen LogP contribution is 2.18. The summed E-state index contributed by atoms with van der Waals surface area (Å²) in [7, 11) is 1.62. The van der Waals surface area contributed by atoms with Crippen LogP contribution in [0.1, 0.15) is 22.5 Å². The molecule has 0 aliphatic carbocycles. The monoisotopic (exact) mass is 383 g/mol. The number of nitro benzene ring substituents is 1. The third-order valence-corrected chi connectivity index (χ3v) is 4.26. The molecule has 0 fully saturated rings. The molecule has 1 heterocycles. The Labute approximate surface area is 160 Å². The van der Waals surface area contributed by atoms with E-state index in [-0.39, 0.29) is 5.69 Å². The van der Waals surface area contributed by atoms with E-state index in [1.165, 1.54) is 17.0 Å². The SMILES string of the molecule is COc1ccc(Cc2n[nH]c(=S)n2/N=C\c2ccc(C)c([N+](=O)[O-])c2)cc1.